The van der Waals surface area contributed by atoms with Crippen molar-refractivity contribution in [2.24, 2.45) is 0 Å². The molecule has 112 valence electrons. The van der Waals surface area contributed by atoms with Gasteiger partial charge >= 0.3 is 0 Å². The molecule has 3 nitrogen and oxygen atoms in total. The highest BCUT2D eigenvalue weighted by Gasteiger charge is 1.98. The summed E-state index contributed by atoms with van der Waals surface area (Å²) in [7, 11) is 0. The lowest BCUT2D eigenvalue weighted by atomic mass is 10.1. The zero-order chi connectivity index (χ0) is 15.1. The lowest BCUT2D eigenvalue weighted by molar-refractivity contribution is 0.332. The summed E-state index contributed by atoms with van der Waals surface area (Å²) in [6.45, 7) is 8.24. The third kappa shape index (κ3) is 5.03. The predicted octanol–water partition coefficient (Wildman–Crippen LogP) is 4.19. The van der Waals surface area contributed by atoms with E-state index in [1.165, 1.54) is 11.1 Å². The minimum atomic E-state index is 0.635. The van der Waals surface area contributed by atoms with Crippen LogP contribution in [-0.2, 0) is 0 Å². The number of hydrogen-bond acceptors (Lipinski definition) is 3. The zero-order valence-corrected chi connectivity index (χ0v) is 13.0. The van der Waals surface area contributed by atoms with Gasteiger partial charge in [-0.25, -0.2) is 0 Å². The monoisotopic (exact) mass is 285 g/mol. The number of hydrogen-bond donors (Lipinski definition) is 1. The zero-order valence-electron chi connectivity index (χ0n) is 13.0. The van der Waals surface area contributed by atoms with E-state index >= 15 is 0 Å². The third-order valence-electron chi connectivity index (χ3n) is 3.06. The van der Waals surface area contributed by atoms with E-state index < -0.39 is 0 Å². The minimum absolute atomic E-state index is 0.635. The first-order chi connectivity index (χ1) is 10.2. The molecule has 1 N–H and O–H groups in total. The molecule has 0 radical (unpaired) electrons. The quantitative estimate of drug-likeness (QED) is 0.774. The van der Waals surface area contributed by atoms with E-state index in [1.807, 2.05) is 31.2 Å². The summed E-state index contributed by atoms with van der Waals surface area (Å²) in [5, 5.41) is 3.33. The van der Waals surface area contributed by atoms with Gasteiger partial charge in [0.05, 0.1) is 6.61 Å². The van der Waals surface area contributed by atoms with Crippen molar-refractivity contribution in [1.82, 2.24) is 0 Å². The highest BCUT2D eigenvalue weighted by atomic mass is 16.5. The van der Waals surface area contributed by atoms with Crippen molar-refractivity contribution in [2.45, 2.75) is 20.8 Å². The number of nitrogens with one attached hydrogen (secondary N) is 1. The second-order valence-electron chi connectivity index (χ2n) is 5.06. The maximum atomic E-state index is 5.76. The van der Waals surface area contributed by atoms with Gasteiger partial charge < -0.3 is 14.8 Å². The standard InChI is InChI=1S/C18H23NO2/c1-4-20-17-7-5-16(6-8-17)19-9-10-21-18-12-14(2)11-15(3)13-18/h5-8,11-13,19H,4,9-10H2,1-3H3. The average Bonchev–Trinajstić information content (AvgIpc) is 2.45. The van der Waals surface area contributed by atoms with Gasteiger partial charge in [0, 0.05) is 12.2 Å². The molecular weight excluding hydrogens is 262 g/mol. The van der Waals surface area contributed by atoms with Gasteiger partial charge in [0.15, 0.2) is 0 Å². The predicted molar refractivity (Wildman–Crippen MR) is 87.5 cm³/mol. The van der Waals surface area contributed by atoms with E-state index in [1.54, 1.807) is 0 Å². The molecule has 0 spiro atoms. The van der Waals surface area contributed by atoms with Crippen molar-refractivity contribution in [3.8, 4) is 11.5 Å². The second kappa shape index (κ2) is 7.58. The third-order valence-corrected chi connectivity index (χ3v) is 3.06. The van der Waals surface area contributed by atoms with Crippen molar-refractivity contribution in [3.05, 3.63) is 53.6 Å². The molecular formula is C18H23NO2. The van der Waals surface area contributed by atoms with Crippen LogP contribution in [-0.4, -0.2) is 19.8 Å². The van der Waals surface area contributed by atoms with E-state index in [0.29, 0.717) is 13.2 Å². The molecule has 0 atom stereocenters. The fourth-order valence-electron chi connectivity index (χ4n) is 2.22. The van der Waals surface area contributed by atoms with Gasteiger partial charge in [-0.05, 0) is 68.3 Å². The SMILES string of the molecule is CCOc1ccc(NCCOc2cc(C)cc(C)c2)cc1. The Hall–Kier alpha value is -2.16. The molecule has 0 fully saturated rings. The summed E-state index contributed by atoms with van der Waals surface area (Å²) < 4.78 is 11.2. The molecule has 2 aromatic carbocycles. The Kier molecular flexibility index (Phi) is 5.50. The molecule has 3 heteroatoms. The first-order valence-electron chi connectivity index (χ1n) is 7.35. The lowest BCUT2D eigenvalue weighted by Gasteiger charge is -2.10. The van der Waals surface area contributed by atoms with Crippen LogP contribution in [0.5, 0.6) is 11.5 Å². The van der Waals surface area contributed by atoms with E-state index in [4.69, 9.17) is 9.47 Å². The van der Waals surface area contributed by atoms with Crippen LogP contribution in [0.1, 0.15) is 18.1 Å². The van der Waals surface area contributed by atoms with Crippen LogP contribution in [0.25, 0.3) is 0 Å². The van der Waals surface area contributed by atoms with Crippen LogP contribution in [0.4, 0.5) is 5.69 Å². The molecule has 2 rings (SSSR count). The molecule has 0 bridgehead atoms. The first kappa shape index (κ1) is 15.2. The smallest absolute Gasteiger partial charge is 0.119 e. The molecule has 0 aliphatic heterocycles. The number of anilines is 1. The molecule has 2 aromatic rings. The number of rotatable bonds is 7. The van der Waals surface area contributed by atoms with Crippen LogP contribution in [0.2, 0.25) is 0 Å². The Labute approximate surface area is 126 Å². The number of benzene rings is 2. The van der Waals surface area contributed by atoms with Crippen molar-refractivity contribution < 1.29 is 9.47 Å². The van der Waals surface area contributed by atoms with E-state index in [0.717, 1.165) is 23.7 Å². The average molecular weight is 285 g/mol. The van der Waals surface area contributed by atoms with Crippen LogP contribution in [0.3, 0.4) is 0 Å². The Morgan fingerprint density at radius 1 is 0.857 bits per heavy atom. The Morgan fingerprint density at radius 3 is 2.14 bits per heavy atom. The highest BCUT2D eigenvalue weighted by Crippen LogP contribution is 2.17. The normalized spacial score (nSPS) is 10.2. The van der Waals surface area contributed by atoms with Crippen LogP contribution in [0, 0.1) is 13.8 Å². The molecule has 0 heterocycles. The Morgan fingerprint density at radius 2 is 1.52 bits per heavy atom. The number of aryl methyl sites for hydroxylation is 2. The molecule has 0 saturated carbocycles. The number of ether oxygens (including phenoxy) is 2. The van der Waals surface area contributed by atoms with Gasteiger partial charge in [0.25, 0.3) is 0 Å². The van der Waals surface area contributed by atoms with Gasteiger partial charge in [-0.2, -0.15) is 0 Å². The van der Waals surface area contributed by atoms with Crippen molar-refractivity contribution in [3.63, 3.8) is 0 Å². The topological polar surface area (TPSA) is 30.5 Å². The molecule has 0 aliphatic rings. The fourth-order valence-corrected chi connectivity index (χ4v) is 2.22. The largest absolute Gasteiger partial charge is 0.494 e. The summed E-state index contributed by atoms with van der Waals surface area (Å²) in [6, 6.07) is 14.2. The second-order valence-corrected chi connectivity index (χ2v) is 5.06. The van der Waals surface area contributed by atoms with E-state index in [9.17, 15) is 0 Å². The summed E-state index contributed by atoms with van der Waals surface area (Å²) in [6.07, 6.45) is 0. The van der Waals surface area contributed by atoms with Gasteiger partial charge in [-0.15, -0.1) is 0 Å². The van der Waals surface area contributed by atoms with Crippen LogP contribution >= 0.6 is 0 Å². The van der Waals surface area contributed by atoms with E-state index in [-0.39, 0.29) is 0 Å². The molecule has 21 heavy (non-hydrogen) atoms. The van der Waals surface area contributed by atoms with E-state index in [2.05, 4.69) is 37.4 Å². The first-order valence-corrected chi connectivity index (χ1v) is 7.35. The fraction of sp³-hybridized carbons (Fsp3) is 0.333. The minimum Gasteiger partial charge on any atom is -0.494 e. The van der Waals surface area contributed by atoms with Crippen molar-refractivity contribution in [2.75, 3.05) is 25.1 Å². The Balaban J connectivity index is 1.76. The van der Waals surface area contributed by atoms with Crippen LogP contribution in [0.15, 0.2) is 42.5 Å². The van der Waals surface area contributed by atoms with Crippen molar-refractivity contribution >= 4 is 5.69 Å². The summed E-state index contributed by atoms with van der Waals surface area (Å²) in [5.41, 5.74) is 3.52. The molecule has 0 saturated heterocycles. The summed E-state index contributed by atoms with van der Waals surface area (Å²) in [5.74, 6) is 1.83. The van der Waals surface area contributed by atoms with Crippen LogP contribution < -0.4 is 14.8 Å². The lowest BCUT2D eigenvalue weighted by Crippen LogP contribution is -2.11. The van der Waals surface area contributed by atoms with Gasteiger partial charge in [0.1, 0.15) is 18.1 Å². The van der Waals surface area contributed by atoms with Crippen molar-refractivity contribution in [1.29, 1.82) is 0 Å². The maximum Gasteiger partial charge on any atom is 0.119 e. The maximum absolute atomic E-state index is 5.76. The summed E-state index contributed by atoms with van der Waals surface area (Å²) >= 11 is 0. The van der Waals surface area contributed by atoms with Gasteiger partial charge in [-0.3, -0.25) is 0 Å². The Bertz CT molecular complexity index is 544. The van der Waals surface area contributed by atoms with Gasteiger partial charge in [-0.1, -0.05) is 6.07 Å². The highest BCUT2D eigenvalue weighted by molar-refractivity contribution is 5.46. The molecule has 0 aromatic heterocycles. The van der Waals surface area contributed by atoms with Gasteiger partial charge in [0.2, 0.25) is 0 Å². The molecule has 0 aliphatic carbocycles. The summed E-state index contributed by atoms with van der Waals surface area (Å²) in [4.78, 5) is 0. The molecule has 0 unspecified atom stereocenters. The molecule has 0 amide bonds.